The highest BCUT2D eigenvalue weighted by molar-refractivity contribution is 6.14. The monoisotopic (exact) mass is 472 g/mol. The van der Waals surface area contributed by atoms with Crippen LogP contribution in [-0.2, 0) is 9.59 Å². The summed E-state index contributed by atoms with van der Waals surface area (Å²) in [5.74, 6) is -2.20. The third kappa shape index (κ3) is 6.20. The molecular formula is C24H24F2N3O5+. The normalized spacial score (nSPS) is 15.7. The highest BCUT2D eigenvalue weighted by atomic mass is 19.1. The number of nitrogens with one attached hydrogen (secondary N) is 2. The number of likely N-dealkylation sites (tertiary alicyclic amines) is 1. The number of ketones is 1. The second-order valence-electron chi connectivity index (χ2n) is 7.06. The minimum absolute atomic E-state index is 0. The molecule has 2 aromatic carbocycles. The fourth-order valence-corrected chi connectivity index (χ4v) is 3.32. The van der Waals surface area contributed by atoms with Crippen LogP contribution in [0.1, 0.15) is 25.0 Å². The molecule has 0 aromatic heterocycles. The summed E-state index contributed by atoms with van der Waals surface area (Å²) < 4.78 is 27.2. The van der Waals surface area contributed by atoms with E-state index in [0.717, 1.165) is 18.2 Å². The molecule has 0 atom stereocenters. The highest BCUT2D eigenvalue weighted by Gasteiger charge is 2.25. The zero-order valence-corrected chi connectivity index (χ0v) is 17.3. The first-order valence-corrected chi connectivity index (χ1v) is 9.59. The van der Waals surface area contributed by atoms with Gasteiger partial charge in [-0.05, 0) is 47.9 Å². The molecule has 8 nitrogen and oxygen atoms in total. The van der Waals surface area contributed by atoms with Crippen molar-refractivity contribution in [3.63, 3.8) is 0 Å². The Labute approximate surface area is 194 Å². The van der Waals surface area contributed by atoms with Gasteiger partial charge in [-0.15, -0.1) is 0 Å². The third-order valence-corrected chi connectivity index (χ3v) is 4.96. The molecule has 2 aromatic rings. The number of benzene rings is 2. The molecule has 0 bridgehead atoms. The number of carbonyl (C=O) groups excluding carboxylic acids is 2. The van der Waals surface area contributed by atoms with Gasteiger partial charge in [0.2, 0.25) is 5.91 Å². The lowest BCUT2D eigenvalue weighted by molar-refractivity contribution is -0.382. The lowest BCUT2D eigenvalue weighted by atomic mass is 9.98. The van der Waals surface area contributed by atoms with E-state index in [0.29, 0.717) is 16.7 Å². The Kier molecular flexibility index (Phi) is 9.97. The molecule has 1 amide bonds. The zero-order valence-electron chi connectivity index (χ0n) is 17.3. The first-order valence-electron chi connectivity index (χ1n) is 9.59. The maximum Gasteiger partial charge on any atom is 0.289 e. The summed E-state index contributed by atoms with van der Waals surface area (Å²) in [5.41, 5.74) is 0.846. The Morgan fingerprint density at radius 3 is 1.91 bits per heavy atom. The van der Waals surface area contributed by atoms with Crippen molar-refractivity contribution < 1.29 is 34.2 Å². The molecule has 34 heavy (non-hydrogen) atoms. The molecule has 178 valence electrons. The van der Waals surface area contributed by atoms with E-state index in [4.69, 9.17) is 0 Å². The van der Waals surface area contributed by atoms with Crippen LogP contribution in [0.3, 0.4) is 0 Å². The van der Waals surface area contributed by atoms with Gasteiger partial charge in [-0.25, -0.2) is 0 Å². The molecule has 1 heterocycles. The van der Waals surface area contributed by atoms with Crippen LogP contribution < -0.4 is 10.4 Å². The zero-order chi connectivity index (χ0) is 23.3. The average Bonchev–Trinajstić information content (AvgIpc) is 2.95. The summed E-state index contributed by atoms with van der Waals surface area (Å²) in [6, 6.07) is 7.54. The number of nitroso groups, excluding NO2 is 2. The Balaban J connectivity index is 0.00000289. The number of hydrogen-bond acceptors (Lipinski definition) is 5. The molecule has 0 radical (unpaired) electrons. The molecule has 1 fully saturated rings. The minimum Gasteiger partial charge on any atom is -0.870 e. The molecular weight excluding hydrogens is 448 g/mol. The van der Waals surface area contributed by atoms with Crippen molar-refractivity contribution in [1.29, 1.82) is 0 Å². The van der Waals surface area contributed by atoms with Crippen LogP contribution in [0.15, 0.2) is 60.2 Å². The lowest BCUT2D eigenvalue weighted by Gasteiger charge is -2.18. The molecule has 0 unspecified atom stereocenters. The van der Waals surface area contributed by atoms with Crippen molar-refractivity contribution >= 4 is 35.2 Å². The molecule has 3 N–H and O–H groups in total. The summed E-state index contributed by atoms with van der Waals surface area (Å²) in [5, 5.41) is 3.01. The van der Waals surface area contributed by atoms with Crippen LogP contribution in [0.2, 0.25) is 0 Å². The van der Waals surface area contributed by atoms with Gasteiger partial charge in [0.05, 0.1) is 0 Å². The Bertz CT molecular complexity index is 1190. The van der Waals surface area contributed by atoms with Crippen molar-refractivity contribution in [2.45, 2.75) is 13.8 Å². The van der Waals surface area contributed by atoms with E-state index >= 15 is 0 Å². The number of Topliss-reactive ketones (excluding diaryl/α,β-unsaturated/α-hetero) is 1. The van der Waals surface area contributed by atoms with E-state index < -0.39 is 11.6 Å². The maximum absolute atomic E-state index is 13.6. The van der Waals surface area contributed by atoms with Crippen LogP contribution in [-0.4, -0.2) is 35.2 Å². The predicted octanol–water partition coefficient (Wildman–Crippen LogP) is 1.84. The SMILES string of the molecule is C.C=CC(=O)N1CC/C(=C/c2ccc(F)c([NH+]=O)c2)C(=O)/C(=C\c2ccc(F)c([NH+]=O)c2)C1.[OH-]. The van der Waals surface area contributed by atoms with Crippen molar-refractivity contribution in [2.24, 2.45) is 0 Å². The minimum atomic E-state index is -0.738. The van der Waals surface area contributed by atoms with Gasteiger partial charge >= 0.3 is 0 Å². The Morgan fingerprint density at radius 1 is 0.941 bits per heavy atom. The van der Waals surface area contributed by atoms with Gasteiger partial charge in [0.15, 0.2) is 17.4 Å². The molecule has 0 spiro atoms. The second-order valence-corrected chi connectivity index (χ2v) is 7.06. The molecule has 1 aliphatic heterocycles. The molecule has 1 saturated heterocycles. The van der Waals surface area contributed by atoms with Gasteiger partial charge in [-0.1, -0.05) is 26.1 Å². The molecule has 3 rings (SSSR count). The number of rotatable bonds is 5. The number of amides is 1. The van der Waals surface area contributed by atoms with E-state index in [-0.39, 0.29) is 61.1 Å². The fourth-order valence-electron chi connectivity index (χ4n) is 3.32. The summed E-state index contributed by atoms with van der Waals surface area (Å²) in [6.07, 6.45) is 4.35. The van der Waals surface area contributed by atoms with Crippen LogP contribution in [0.25, 0.3) is 12.2 Å². The predicted molar refractivity (Wildman–Crippen MR) is 122 cm³/mol. The van der Waals surface area contributed by atoms with E-state index in [1.54, 1.807) is 0 Å². The third-order valence-electron chi connectivity index (χ3n) is 4.96. The topological polar surface area (TPSA) is 129 Å². The van der Waals surface area contributed by atoms with Gasteiger partial charge in [0, 0.05) is 56.5 Å². The summed E-state index contributed by atoms with van der Waals surface area (Å²) in [6.45, 7) is 3.68. The van der Waals surface area contributed by atoms with Gasteiger partial charge in [0.25, 0.3) is 11.4 Å². The second kappa shape index (κ2) is 12.2. The van der Waals surface area contributed by atoms with Crippen molar-refractivity contribution in [3.8, 4) is 0 Å². The van der Waals surface area contributed by atoms with Crippen LogP contribution in [0.5, 0.6) is 0 Å². The molecule has 10 heteroatoms. The van der Waals surface area contributed by atoms with Gasteiger partial charge in [0.1, 0.15) is 0 Å². The smallest absolute Gasteiger partial charge is 0.289 e. The standard InChI is InChI=1S/C23H17F2N3O4.CH4.H2O/c1-2-22(29)28-8-7-16(9-14-3-5-18(24)20(11-14)26-31)23(30)17(13-28)10-15-4-6-19(25)21(12-15)27-32;;/h2-6,9-12H,1,7-8,13H2;1H4;1H2/p+1/b16-9-,17-10-;;. The lowest BCUT2D eigenvalue weighted by Crippen LogP contribution is -2.56. The summed E-state index contributed by atoms with van der Waals surface area (Å²) in [4.78, 5) is 48.7. The first kappa shape index (κ1) is 27.9. The highest BCUT2D eigenvalue weighted by Crippen LogP contribution is 2.24. The largest absolute Gasteiger partial charge is 0.870 e. The molecule has 0 saturated carbocycles. The number of halogens is 2. The fraction of sp³-hybridized carbons (Fsp3) is 0.167. The Morgan fingerprint density at radius 2 is 1.44 bits per heavy atom. The number of hydrogen-bond donors (Lipinski definition) is 2. The number of carbonyl (C=O) groups is 2. The van der Waals surface area contributed by atoms with Crippen LogP contribution in [0, 0.1) is 21.4 Å². The molecule has 0 aliphatic carbocycles. The average molecular weight is 472 g/mol. The summed E-state index contributed by atoms with van der Waals surface area (Å²) in [7, 11) is 0. The van der Waals surface area contributed by atoms with E-state index in [1.165, 1.54) is 51.7 Å². The summed E-state index contributed by atoms with van der Waals surface area (Å²) >= 11 is 0. The van der Waals surface area contributed by atoms with Crippen molar-refractivity contribution in [1.82, 2.24) is 4.90 Å². The van der Waals surface area contributed by atoms with Crippen molar-refractivity contribution in [3.05, 3.63) is 92.8 Å². The Hall–Kier alpha value is -4.18. The van der Waals surface area contributed by atoms with E-state index in [1.807, 2.05) is 0 Å². The first-order chi connectivity index (χ1) is 15.4. The van der Waals surface area contributed by atoms with Gasteiger partial charge < -0.3 is 10.4 Å². The quantitative estimate of drug-likeness (QED) is 0.642. The van der Waals surface area contributed by atoms with E-state index in [9.17, 15) is 28.2 Å². The maximum atomic E-state index is 13.6. The van der Waals surface area contributed by atoms with Gasteiger partial charge in [-0.2, -0.15) is 8.78 Å². The van der Waals surface area contributed by atoms with E-state index in [2.05, 4.69) is 6.58 Å². The number of nitrogens with zero attached hydrogens (tertiary/aromatic N) is 1. The van der Waals surface area contributed by atoms with Crippen molar-refractivity contribution in [2.75, 3.05) is 13.1 Å². The van der Waals surface area contributed by atoms with Gasteiger partial charge in [-0.3, -0.25) is 9.59 Å². The van der Waals surface area contributed by atoms with Crippen LogP contribution >= 0.6 is 0 Å². The molecule has 1 aliphatic rings. The van der Waals surface area contributed by atoms with Crippen LogP contribution in [0.4, 0.5) is 20.2 Å².